The summed E-state index contributed by atoms with van der Waals surface area (Å²) < 4.78 is 10.2. The molecule has 0 fully saturated rings. The lowest BCUT2D eigenvalue weighted by atomic mass is 10.1. The zero-order chi connectivity index (χ0) is 20.5. The number of esters is 1. The Kier molecular flexibility index (Phi) is 6.78. The molecule has 1 aromatic heterocycles. The van der Waals surface area contributed by atoms with Crippen LogP contribution in [-0.4, -0.2) is 30.4 Å². The third-order valence-electron chi connectivity index (χ3n) is 4.02. The van der Waals surface area contributed by atoms with Crippen molar-refractivity contribution in [1.29, 1.82) is 0 Å². The number of amides is 2. The average Bonchev–Trinajstić information content (AvgIpc) is 3.28. The molecule has 0 aliphatic carbocycles. The van der Waals surface area contributed by atoms with Gasteiger partial charge >= 0.3 is 5.97 Å². The fraction of sp³-hybridized carbons (Fsp3) is 0.136. The van der Waals surface area contributed by atoms with Gasteiger partial charge in [-0.15, -0.1) is 0 Å². The van der Waals surface area contributed by atoms with Crippen molar-refractivity contribution in [3.05, 3.63) is 90.4 Å². The summed E-state index contributed by atoms with van der Waals surface area (Å²) in [5, 5.41) is 5.23. The highest BCUT2D eigenvalue weighted by atomic mass is 16.5. The van der Waals surface area contributed by atoms with E-state index in [0.29, 0.717) is 5.69 Å². The van der Waals surface area contributed by atoms with Crippen LogP contribution in [0, 0.1) is 0 Å². The fourth-order valence-electron chi connectivity index (χ4n) is 2.64. The topological polar surface area (TPSA) is 97.6 Å². The van der Waals surface area contributed by atoms with E-state index in [1.807, 2.05) is 36.4 Å². The first-order valence-corrected chi connectivity index (χ1v) is 9.01. The van der Waals surface area contributed by atoms with E-state index in [-0.39, 0.29) is 12.2 Å². The Morgan fingerprint density at radius 3 is 2.24 bits per heavy atom. The monoisotopic (exact) mass is 392 g/mol. The van der Waals surface area contributed by atoms with Crippen LogP contribution in [0.15, 0.2) is 83.5 Å². The van der Waals surface area contributed by atoms with Crippen molar-refractivity contribution in [1.82, 2.24) is 5.32 Å². The zero-order valence-corrected chi connectivity index (χ0v) is 15.5. The number of benzene rings is 2. The van der Waals surface area contributed by atoms with Gasteiger partial charge in [-0.25, -0.2) is 4.79 Å². The van der Waals surface area contributed by atoms with Gasteiger partial charge in [0.15, 0.2) is 12.4 Å². The molecule has 148 valence electrons. The minimum atomic E-state index is -0.973. The molecular formula is C22H20N2O5. The average molecular weight is 392 g/mol. The van der Waals surface area contributed by atoms with Gasteiger partial charge in [-0.1, -0.05) is 48.5 Å². The fourth-order valence-corrected chi connectivity index (χ4v) is 2.64. The lowest BCUT2D eigenvalue weighted by Gasteiger charge is -2.17. The highest BCUT2D eigenvalue weighted by molar-refractivity contribution is 5.96. The van der Waals surface area contributed by atoms with Gasteiger partial charge in [-0.2, -0.15) is 0 Å². The van der Waals surface area contributed by atoms with E-state index in [1.165, 1.54) is 12.3 Å². The summed E-state index contributed by atoms with van der Waals surface area (Å²) in [6.07, 6.45) is 1.58. The minimum absolute atomic E-state index is 0.0812. The van der Waals surface area contributed by atoms with Crippen LogP contribution >= 0.6 is 0 Å². The molecule has 2 amide bonds. The number of carbonyl (C=O) groups is 3. The summed E-state index contributed by atoms with van der Waals surface area (Å²) in [6, 6.07) is 20.1. The molecule has 0 saturated heterocycles. The molecule has 0 aliphatic heterocycles. The largest absolute Gasteiger partial charge is 0.459 e. The SMILES string of the molecule is O=C(COC(=O)[C@H](Cc1ccccc1)NC(=O)c1ccco1)Nc1ccccc1. The van der Waals surface area contributed by atoms with E-state index < -0.39 is 30.4 Å². The van der Waals surface area contributed by atoms with Crippen LogP contribution < -0.4 is 10.6 Å². The molecule has 0 spiro atoms. The van der Waals surface area contributed by atoms with Crippen molar-refractivity contribution in [2.24, 2.45) is 0 Å². The Morgan fingerprint density at radius 2 is 1.59 bits per heavy atom. The van der Waals surface area contributed by atoms with Gasteiger partial charge in [0.25, 0.3) is 11.8 Å². The van der Waals surface area contributed by atoms with Gasteiger partial charge < -0.3 is 19.8 Å². The van der Waals surface area contributed by atoms with Crippen molar-refractivity contribution < 1.29 is 23.5 Å². The molecule has 0 aliphatic rings. The van der Waals surface area contributed by atoms with Crippen LogP contribution in [0.2, 0.25) is 0 Å². The Bertz CT molecular complexity index is 940. The molecule has 1 atom stereocenters. The van der Waals surface area contributed by atoms with Crippen LogP contribution in [-0.2, 0) is 20.7 Å². The number of rotatable bonds is 8. The number of anilines is 1. The van der Waals surface area contributed by atoms with Gasteiger partial charge in [0.1, 0.15) is 6.04 Å². The van der Waals surface area contributed by atoms with Crippen molar-refractivity contribution >= 4 is 23.5 Å². The summed E-state index contributed by atoms with van der Waals surface area (Å²) in [5.41, 5.74) is 1.43. The highest BCUT2D eigenvalue weighted by Gasteiger charge is 2.25. The maximum atomic E-state index is 12.6. The second kappa shape index (κ2) is 9.89. The Labute approximate surface area is 167 Å². The lowest BCUT2D eigenvalue weighted by molar-refractivity contribution is -0.149. The molecule has 3 rings (SSSR count). The first-order valence-electron chi connectivity index (χ1n) is 9.01. The second-order valence-corrected chi connectivity index (χ2v) is 6.21. The Hall–Kier alpha value is -3.87. The summed E-state index contributed by atoms with van der Waals surface area (Å²) in [4.78, 5) is 36.9. The van der Waals surface area contributed by atoms with E-state index in [9.17, 15) is 14.4 Å². The van der Waals surface area contributed by atoms with Crippen molar-refractivity contribution in [2.75, 3.05) is 11.9 Å². The molecule has 1 heterocycles. The number of ether oxygens (including phenoxy) is 1. The summed E-state index contributed by atoms with van der Waals surface area (Å²) in [7, 11) is 0. The smallest absolute Gasteiger partial charge is 0.329 e. The van der Waals surface area contributed by atoms with Crippen molar-refractivity contribution in [3.8, 4) is 0 Å². The zero-order valence-electron chi connectivity index (χ0n) is 15.5. The molecule has 0 bridgehead atoms. The van der Waals surface area contributed by atoms with Gasteiger partial charge in [-0.05, 0) is 29.8 Å². The maximum Gasteiger partial charge on any atom is 0.329 e. The van der Waals surface area contributed by atoms with Gasteiger partial charge in [-0.3, -0.25) is 9.59 Å². The second-order valence-electron chi connectivity index (χ2n) is 6.21. The molecule has 7 nitrogen and oxygen atoms in total. The Morgan fingerprint density at radius 1 is 0.897 bits per heavy atom. The quantitative estimate of drug-likeness (QED) is 0.575. The van der Waals surface area contributed by atoms with E-state index in [0.717, 1.165) is 5.56 Å². The minimum Gasteiger partial charge on any atom is -0.459 e. The molecule has 0 saturated carbocycles. The number of furan rings is 1. The standard InChI is InChI=1S/C22H20N2O5/c25-20(23-17-10-5-2-6-11-17)15-29-22(27)18(14-16-8-3-1-4-9-16)24-21(26)19-12-7-13-28-19/h1-13,18H,14-15H2,(H,23,25)(H,24,26)/t18-/m0/s1. The Balaban J connectivity index is 1.61. The third-order valence-corrected chi connectivity index (χ3v) is 4.02. The number of para-hydroxylation sites is 1. The van der Waals surface area contributed by atoms with E-state index in [2.05, 4.69) is 10.6 Å². The van der Waals surface area contributed by atoms with Crippen LogP contribution in [0.3, 0.4) is 0 Å². The van der Waals surface area contributed by atoms with E-state index in [1.54, 1.807) is 30.3 Å². The van der Waals surface area contributed by atoms with Crippen molar-refractivity contribution in [3.63, 3.8) is 0 Å². The van der Waals surface area contributed by atoms with Crippen LogP contribution in [0.25, 0.3) is 0 Å². The van der Waals surface area contributed by atoms with Crippen molar-refractivity contribution in [2.45, 2.75) is 12.5 Å². The summed E-state index contributed by atoms with van der Waals surface area (Å²) in [6.45, 7) is -0.463. The highest BCUT2D eigenvalue weighted by Crippen LogP contribution is 2.08. The van der Waals surface area contributed by atoms with Gasteiger partial charge in [0, 0.05) is 12.1 Å². The summed E-state index contributed by atoms with van der Waals surface area (Å²) >= 11 is 0. The third kappa shape index (κ3) is 6.07. The molecule has 3 aromatic rings. The van der Waals surface area contributed by atoms with Crippen LogP contribution in [0.1, 0.15) is 16.1 Å². The normalized spacial score (nSPS) is 11.3. The van der Waals surface area contributed by atoms with Crippen LogP contribution in [0.4, 0.5) is 5.69 Å². The lowest BCUT2D eigenvalue weighted by Crippen LogP contribution is -2.44. The molecule has 0 unspecified atom stereocenters. The molecule has 2 N–H and O–H groups in total. The number of nitrogens with one attached hydrogen (secondary N) is 2. The first kappa shape index (κ1) is 19.9. The van der Waals surface area contributed by atoms with Gasteiger partial charge in [0.05, 0.1) is 6.26 Å². The number of carbonyl (C=O) groups excluding carboxylic acids is 3. The van der Waals surface area contributed by atoms with E-state index in [4.69, 9.17) is 9.15 Å². The van der Waals surface area contributed by atoms with E-state index >= 15 is 0 Å². The summed E-state index contributed by atoms with van der Waals surface area (Å²) in [5.74, 6) is -1.64. The first-order chi connectivity index (χ1) is 14.1. The number of hydrogen-bond acceptors (Lipinski definition) is 5. The predicted octanol–water partition coefficient (Wildman–Crippen LogP) is 2.80. The number of hydrogen-bond donors (Lipinski definition) is 2. The molecule has 2 aromatic carbocycles. The van der Waals surface area contributed by atoms with Gasteiger partial charge in [0.2, 0.25) is 0 Å². The predicted molar refractivity (Wildman–Crippen MR) is 106 cm³/mol. The molecular weight excluding hydrogens is 372 g/mol. The molecule has 29 heavy (non-hydrogen) atoms. The molecule has 0 radical (unpaired) electrons. The molecule has 7 heteroatoms. The maximum absolute atomic E-state index is 12.6. The van der Waals surface area contributed by atoms with Crippen LogP contribution in [0.5, 0.6) is 0 Å².